The zero-order valence-corrected chi connectivity index (χ0v) is 13.9. The summed E-state index contributed by atoms with van der Waals surface area (Å²) < 4.78 is 11.8. The molecule has 0 fully saturated rings. The van der Waals surface area contributed by atoms with Crippen LogP contribution in [0.2, 0.25) is 0 Å². The molecule has 0 radical (unpaired) electrons. The van der Waals surface area contributed by atoms with E-state index in [1.165, 1.54) is 0 Å². The number of ether oxygens (including phenoxy) is 2. The third-order valence-corrected chi connectivity index (χ3v) is 3.48. The van der Waals surface area contributed by atoms with Gasteiger partial charge in [-0.1, -0.05) is 15.9 Å². The number of aryl methyl sites for hydroxylation is 2. The highest BCUT2D eigenvalue weighted by Crippen LogP contribution is 2.28. The van der Waals surface area contributed by atoms with Gasteiger partial charge in [0.25, 0.3) is 0 Å². The van der Waals surface area contributed by atoms with Crippen molar-refractivity contribution in [1.82, 2.24) is 0 Å². The first-order valence-corrected chi connectivity index (χ1v) is 7.52. The van der Waals surface area contributed by atoms with Crippen LogP contribution in [0.5, 0.6) is 11.5 Å². The van der Waals surface area contributed by atoms with E-state index in [0.717, 1.165) is 21.3 Å². The van der Waals surface area contributed by atoms with Crippen molar-refractivity contribution in [2.24, 2.45) is 0 Å². The molecule has 0 heterocycles. The van der Waals surface area contributed by atoms with Crippen molar-refractivity contribution in [3.63, 3.8) is 0 Å². The van der Waals surface area contributed by atoms with Crippen molar-refractivity contribution < 1.29 is 14.3 Å². The number of halogens is 1. The normalized spacial score (nSPS) is 10.3. The predicted octanol–water partition coefficient (Wildman–Crippen LogP) is 4.68. The van der Waals surface area contributed by atoms with Crippen LogP contribution in [0.15, 0.2) is 40.9 Å². The van der Waals surface area contributed by atoms with Crippen LogP contribution in [0.1, 0.15) is 28.4 Å². The van der Waals surface area contributed by atoms with E-state index in [0.29, 0.717) is 17.9 Å². The summed E-state index contributed by atoms with van der Waals surface area (Å²) in [4.78, 5) is 12.2. The third kappa shape index (κ3) is 3.85. The summed E-state index contributed by atoms with van der Waals surface area (Å²) in [5, 5.41) is 0. The van der Waals surface area contributed by atoms with E-state index in [4.69, 9.17) is 9.47 Å². The minimum Gasteiger partial charge on any atom is -0.494 e. The molecule has 2 aromatic rings. The molecule has 0 unspecified atom stereocenters. The fourth-order valence-corrected chi connectivity index (χ4v) is 2.75. The van der Waals surface area contributed by atoms with Crippen LogP contribution >= 0.6 is 15.9 Å². The molecule has 3 nitrogen and oxygen atoms in total. The van der Waals surface area contributed by atoms with E-state index < -0.39 is 0 Å². The first-order valence-electron chi connectivity index (χ1n) is 6.73. The fraction of sp³-hybridized carbons (Fsp3) is 0.235. The van der Waals surface area contributed by atoms with Crippen LogP contribution in [0.25, 0.3) is 0 Å². The van der Waals surface area contributed by atoms with Crippen LogP contribution < -0.4 is 9.47 Å². The number of hydrogen-bond donors (Lipinski definition) is 0. The van der Waals surface area contributed by atoms with E-state index in [-0.39, 0.29) is 5.97 Å². The van der Waals surface area contributed by atoms with Gasteiger partial charge in [-0.15, -0.1) is 0 Å². The first kappa shape index (κ1) is 15.6. The van der Waals surface area contributed by atoms with Gasteiger partial charge in [-0.25, -0.2) is 4.79 Å². The second kappa shape index (κ2) is 6.76. The fourth-order valence-electron chi connectivity index (χ4n) is 2.06. The Morgan fingerprint density at radius 1 is 1.10 bits per heavy atom. The molecular formula is C17H17BrO3. The molecule has 4 heteroatoms. The monoisotopic (exact) mass is 348 g/mol. The lowest BCUT2D eigenvalue weighted by molar-refractivity contribution is 0.0732. The molecule has 2 aromatic carbocycles. The van der Waals surface area contributed by atoms with Gasteiger partial charge in [0.15, 0.2) is 0 Å². The molecule has 21 heavy (non-hydrogen) atoms. The zero-order valence-electron chi connectivity index (χ0n) is 12.3. The standard InChI is InChI=1S/C17H17BrO3/c1-4-20-15-7-5-13(6-8-15)17(19)21-16-11(2)9-14(18)10-12(16)3/h5-10H,4H2,1-3H3. The van der Waals surface area contributed by atoms with Crippen LogP contribution in [0, 0.1) is 13.8 Å². The van der Waals surface area contributed by atoms with Gasteiger partial charge in [0.2, 0.25) is 0 Å². The Balaban J connectivity index is 2.18. The molecule has 0 saturated carbocycles. The quantitative estimate of drug-likeness (QED) is 0.594. The van der Waals surface area contributed by atoms with Gasteiger partial charge in [-0.2, -0.15) is 0 Å². The molecule has 0 atom stereocenters. The molecule has 0 aliphatic heterocycles. The largest absolute Gasteiger partial charge is 0.494 e. The summed E-state index contributed by atoms with van der Waals surface area (Å²) in [5.74, 6) is 0.980. The van der Waals surface area contributed by atoms with E-state index >= 15 is 0 Å². The number of hydrogen-bond acceptors (Lipinski definition) is 3. The van der Waals surface area contributed by atoms with Gasteiger partial charge in [-0.05, 0) is 68.3 Å². The lowest BCUT2D eigenvalue weighted by Gasteiger charge is -2.11. The highest BCUT2D eigenvalue weighted by molar-refractivity contribution is 9.10. The second-order valence-electron chi connectivity index (χ2n) is 4.72. The van der Waals surface area contributed by atoms with Gasteiger partial charge in [-0.3, -0.25) is 0 Å². The summed E-state index contributed by atoms with van der Waals surface area (Å²) in [6, 6.07) is 10.8. The molecular weight excluding hydrogens is 332 g/mol. The maximum absolute atomic E-state index is 12.2. The number of benzene rings is 2. The van der Waals surface area contributed by atoms with E-state index in [2.05, 4.69) is 15.9 Å². The van der Waals surface area contributed by atoms with E-state index in [1.807, 2.05) is 32.9 Å². The molecule has 0 N–H and O–H groups in total. The molecule has 0 spiro atoms. The van der Waals surface area contributed by atoms with Gasteiger partial charge < -0.3 is 9.47 Å². The highest BCUT2D eigenvalue weighted by Gasteiger charge is 2.13. The van der Waals surface area contributed by atoms with Crippen molar-refractivity contribution in [1.29, 1.82) is 0 Å². The Morgan fingerprint density at radius 2 is 1.67 bits per heavy atom. The summed E-state index contributed by atoms with van der Waals surface area (Å²) in [5.41, 5.74) is 2.34. The Morgan fingerprint density at radius 3 is 2.19 bits per heavy atom. The average Bonchev–Trinajstić information content (AvgIpc) is 2.43. The van der Waals surface area contributed by atoms with Crippen molar-refractivity contribution in [2.75, 3.05) is 6.61 Å². The Kier molecular flexibility index (Phi) is 5.02. The molecule has 0 amide bonds. The van der Waals surface area contributed by atoms with E-state index in [1.54, 1.807) is 24.3 Å². The molecule has 0 aromatic heterocycles. The molecule has 0 saturated heterocycles. The smallest absolute Gasteiger partial charge is 0.343 e. The van der Waals surface area contributed by atoms with Gasteiger partial charge in [0, 0.05) is 4.47 Å². The number of esters is 1. The van der Waals surface area contributed by atoms with Crippen molar-refractivity contribution >= 4 is 21.9 Å². The van der Waals surface area contributed by atoms with Crippen molar-refractivity contribution in [2.45, 2.75) is 20.8 Å². The van der Waals surface area contributed by atoms with Crippen LogP contribution in [-0.2, 0) is 0 Å². The second-order valence-corrected chi connectivity index (χ2v) is 5.63. The number of rotatable bonds is 4. The summed E-state index contributed by atoms with van der Waals surface area (Å²) in [6.07, 6.45) is 0. The molecule has 0 bridgehead atoms. The Hall–Kier alpha value is -1.81. The minimum atomic E-state index is -0.369. The molecule has 2 rings (SSSR count). The Labute approximate surface area is 133 Å². The Bertz CT molecular complexity index is 625. The maximum atomic E-state index is 12.2. The average molecular weight is 349 g/mol. The maximum Gasteiger partial charge on any atom is 0.343 e. The van der Waals surface area contributed by atoms with Gasteiger partial charge in [0.05, 0.1) is 12.2 Å². The van der Waals surface area contributed by atoms with E-state index in [9.17, 15) is 4.79 Å². The SMILES string of the molecule is CCOc1ccc(C(=O)Oc2c(C)cc(Br)cc2C)cc1. The number of carbonyl (C=O) groups excluding carboxylic acids is 1. The summed E-state index contributed by atoms with van der Waals surface area (Å²) >= 11 is 3.43. The molecule has 0 aliphatic rings. The van der Waals surface area contributed by atoms with Gasteiger partial charge >= 0.3 is 5.97 Å². The van der Waals surface area contributed by atoms with Crippen molar-refractivity contribution in [3.8, 4) is 11.5 Å². The summed E-state index contributed by atoms with van der Waals surface area (Å²) in [6.45, 7) is 6.35. The van der Waals surface area contributed by atoms with Crippen LogP contribution in [0.3, 0.4) is 0 Å². The van der Waals surface area contributed by atoms with Gasteiger partial charge in [0.1, 0.15) is 11.5 Å². The molecule has 110 valence electrons. The first-order chi connectivity index (χ1) is 10.0. The topological polar surface area (TPSA) is 35.5 Å². The van der Waals surface area contributed by atoms with Crippen molar-refractivity contribution in [3.05, 3.63) is 57.6 Å². The predicted molar refractivity (Wildman–Crippen MR) is 86.2 cm³/mol. The number of carbonyl (C=O) groups is 1. The zero-order chi connectivity index (χ0) is 15.4. The van der Waals surface area contributed by atoms with Crippen LogP contribution in [0.4, 0.5) is 0 Å². The summed E-state index contributed by atoms with van der Waals surface area (Å²) in [7, 11) is 0. The lowest BCUT2D eigenvalue weighted by Crippen LogP contribution is -2.10. The third-order valence-electron chi connectivity index (χ3n) is 3.02. The minimum absolute atomic E-state index is 0.369. The lowest BCUT2D eigenvalue weighted by atomic mass is 10.1. The van der Waals surface area contributed by atoms with Crippen LogP contribution in [-0.4, -0.2) is 12.6 Å². The molecule has 0 aliphatic carbocycles. The highest BCUT2D eigenvalue weighted by atomic mass is 79.9.